The summed E-state index contributed by atoms with van der Waals surface area (Å²) in [6.45, 7) is 3.41. The summed E-state index contributed by atoms with van der Waals surface area (Å²) in [5.74, 6) is 0. The molecule has 0 atom stereocenters. The average molecular weight is 246 g/mol. The summed E-state index contributed by atoms with van der Waals surface area (Å²) in [6.07, 6.45) is 9.47. The molecular weight excluding hydrogens is 220 g/mol. The fourth-order valence-corrected chi connectivity index (χ4v) is 3.04. The van der Waals surface area contributed by atoms with E-state index in [0.717, 1.165) is 12.2 Å². The Labute approximate surface area is 111 Å². The van der Waals surface area contributed by atoms with Crippen molar-refractivity contribution in [3.8, 4) is 0 Å². The van der Waals surface area contributed by atoms with Gasteiger partial charge in [0.25, 0.3) is 0 Å². The van der Waals surface area contributed by atoms with Crippen molar-refractivity contribution in [1.29, 1.82) is 0 Å². The van der Waals surface area contributed by atoms with Crippen molar-refractivity contribution in [3.63, 3.8) is 0 Å². The lowest BCUT2D eigenvalue weighted by atomic mass is 10.1. The first kappa shape index (κ1) is 13.3. The highest BCUT2D eigenvalue weighted by atomic mass is 15.2. The Hall–Kier alpha value is -1.18. The number of nitrogen functional groups attached to an aromatic ring is 1. The summed E-state index contributed by atoms with van der Waals surface area (Å²) in [4.78, 5) is 2.58. The van der Waals surface area contributed by atoms with Gasteiger partial charge in [0.05, 0.1) is 0 Å². The van der Waals surface area contributed by atoms with E-state index >= 15 is 0 Å². The standard InChI is InChI=1S/C16H26N2/c1-2-12-18(15-9-5-3-4-6-10-15)16-11-7-8-14(17)13-16/h7-8,11,13,15H,2-6,9-10,12,17H2,1H3. The minimum atomic E-state index is 0.717. The summed E-state index contributed by atoms with van der Waals surface area (Å²) >= 11 is 0. The zero-order valence-electron chi connectivity index (χ0n) is 11.6. The fourth-order valence-electron chi connectivity index (χ4n) is 3.04. The van der Waals surface area contributed by atoms with Gasteiger partial charge in [0.2, 0.25) is 0 Å². The molecule has 1 fully saturated rings. The normalized spacial score (nSPS) is 17.4. The van der Waals surface area contributed by atoms with Crippen molar-refractivity contribution in [2.45, 2.75) is 57.9 Å². The molecule has 18 heavy (non-hydrogen) atoms. The number of rotatable bonds is 4. The molecular formula is C16H26N2. The van der Waals surface area contributed by atoms with Crippen LogP contribution in [0.15, 0.2) is 24.3 Å². The van der Waals surface area contributed by atoms with Crippen LogP contribution in [0.2, 0.25) is 0 Å². The molecule has 0 spiro atoms. The number of nitrogens with zero attached hydrogens (tertiary/aromatic N) is 1. The lowest BCUT2D eigenvalue weighted by Crippen LogP contribution is -2.35. The average Bonchev–Trinajstić information content (AvgIpc) is 2.64. The fraction of sp³-hybridized carbons (Fsp3) is 0.625. The summed E-state index contributed by atoms with van der Waals surface area (Å²) in [5, 5.41) is 0. The van der Waals surface area contributed by atoms with Crippen molar-refractivity contribution in [1.82, 2.24) is 0 Å². The second kappa shape index (κ2) is 6.67. The van der Waals surface area contributed by atoms with Crippen LogP contribution in [0.25, 0.3) is 0 Å². The zero-order chi connectivity index (χ0) is 12.8. The van der Waals surface area contributed by atoms with Gasteiger partial charge < -0.3 is 10.6 Å². The zero-order valence-corrected chi connectivity index (χ0v) is 11.6. The van der Waals surface area contributed by atoms with Crippen molar-refractivity contribution >= 4 is 11.4 Å². The van der Waals surface area contributed by atoms with E-state index in [1.54, 1.807) is 0 Å². The lowest BCUT2D eigenvalue weighted by Gasteiger charge is -2.33. The predicted octanol–water partition coefficient (Wildman–Crippen LogP) is 4.21. The topological polar surface area (TPSA) is 29.3 Å². The summed E-state index contributed by atoms with van der Waals surface area (Å²) < 4.78 is 0. The van der Waals surface area contributed by atoms with Crippen LogP contribution in [0.3, 0.4) is 0 Å². The molecule has 1 aliphatic carbocycles. The van der Waals surface area contributed by atoms with E-state index in [0.29, 0.717) is 6.04 Å². The molecule has 0 saturated heterocycles. The second-order valence-corrected chi connectivity index (χ2v) is 5.43. The Morgan fingerprint density at radius 2 is 1.89 bits per heavy atom. The van der Waals surface area contributed by atoms with Gasteiger partial charge in [-0.2, -0.15) is 0 Å². The highest BCUT2D eigenvalue weighted by Gasteiger charge is 2.19. The SMILES string of the molecule is CCCN(c1cccc(N)c1)C1CCCCCC1. The van der Waals surface area contributed by atoms with Gasteiger partial charge in [-0.3, -0.25) is 0 Å². The molecule has 100 valence electrons. The van der Waals surface area contributed by atoms with Gasteiger partial charge in [0.15, 0.2) is 0 Å². The van der Waals surface area contributed by atoms with E-state index < -0.39 is 0 Å². The number of hydrogen-bond donors (Lipinski definition) is 1. The Kier molecular flexibility index (Phi) is 4.91. The molecule has 0 heterocycles. The molecule has 2 N–H and O–H groups in total. The van der Waals surface area contributed by atoms with E-state index in [-0.39, 0.29) is 0 Å². The molecule has 0 unspecified atom stereocenters. The van der Waals surface area contributed by atoms with Crippen LogP contribution in [-0.4, -0.2) is 12.6 Å². The molecule has 1 aromatic carbocycles. The monoisotopic (exact) mass is 246 g/mol. The van der Waals surface area contributed by atoms with Crippen molar-refractivity contribution in [3.05, 3.63) is 24.3 Å². The van der Waals surface area contributed by atoms with Gasteiger partial charge in [-0.25, -0.2) is 0 Å². The van der Waals surface area contributed by atoms with Crippen LogP contribution in [0.5, 0.6) is 0 Å². The smallest absolute Gasteiger partial charge is 0.0389 e. The number of anilines is 2. The third kappa shape index (κ3) is 3.41. The number of hydrogen-bond acceptors (Lipinski definition) is 2. The minimum absolute atomic E-state index is 0.717. The lowest BCUT2D eigenvalue weighted by molar-refractivity contribution is 0.522. The summed E-state index contributed by atoms with van der Waals surface area (Å²) in [6, 6.07) is 9.09. The van der Waals surface area contributed by atoms with Gasteiger partial charge in [0, 0.05) is 24.0 Å². The van der Waals surface area contributed by atoms with Crippen LogP contribution in [0.4, 0.5) is 11.4 Å². The molecule has 2 heteroatoms. The van der Waals surface area contributed by atoms with Crippen LogP contribution >= 0.6 is 0 Å². The van der Waals surface area contributed by atoms with Gasteiger partial charge in [-0.15, -0.1) is 0 Å². The maximum absolute atomic E-state index is 5.93. The third-order valence-electron chi connectivity index (χ3n) is 3.93. The van der Waals surface area contributed by atoms with Crippen LogP contribution in [0, 0.1) is 0 Å². The van der Waals surface area contributed by atoms with Crippen molar-refractivity contribution in [2.24, 2.45) is 0 Å². The summed E-state index contributed by atoms with van der Waals surface area (Å²) in [5.41, 5.74) is 8.11. The number of nitrogens with two attached hydrogens (primary N) is 1. The Morgan fingerprint density at radius 1 is 1.17 bits per heavy atom. The van der Waals surface area contributed by atoms with E-state index in [4.69, 9.17) is 5.73 Å². The molecule has 0 bridgehead atoms. The maximum Gasteiger partial charge on any atom is 0.0389 e. The maximum atomic E-state index is 5.93. The quantitative estimate of drug-likeness (QED) is 0.637. The third-order valence-corrected chi connectivity index (χ3v) is 3.93. The molecule has 1 saturated carbocycles. The molecule has 1 aromatic rings. The molecule has 0 radical (unpaired) electrons. The Bertz CT molecular complexity index is 354. The van der Waals surface area contributed by atoms with Gasteiger partial charge >= 0.3 is 0 Å². The molecule has 0 amide bonds. The van der Waals surface area contributed by atoms with E-state index in [1.165, 1.54) is 50.6 Å². The van der Waals surface area contributed by atoms with E-state index in [9.17, 15) is 0 Å². The molecule has 2 rings (SSSR count). The van der Waals surface area contributed by atoms with E-state index in [2.05, 4.69) is 30.0 Å². The largest absolute Gasteiger partial charge is 0.399 e. The highest BCUT2D eigenvalue weighted by molar-refractivity contribution is 5.56. The first-order valence-corrected chi connectivity index (χ1v) is 7.43. The molecule has 2 nitrogen and oxygen atoms in total. The van der Waals surface area contributed by atoms with Crippen molar-refractivity contribution in [2.75, 3.05) is 17.2 Å². The predicted molar refractivity (Wildman–Crippen MR) is 80.0 cm³/mol. The highest BCUT2D eigenvalue weighted by Crippen LogP contribution is 2.27. The van der Waals surface area contributed by atoms with Crippen molar-refractivity contribution < 1.29 is 0 Å². The Morgan fingerprint density at radius 3 is 2.50 bits per heavy atom. The first-order valence-electron chi connectivity index (χ1n) is 7.43. The molecule has 0 aliphatic heterocycles. The van der Waals surface area contributed by atoms with Gasteiger partial charge in [-0.1, -0.05) is 38.7 Å². The van der Waals surface area contributed by atoms with Gasteiger partial charge in [-0.05, 0) is 37.5 Å². The van der Waals surface area contributed by atoms with Gasteiger partial charge in [0.1, 0.15) is 0 Å². The van der Waals surface area contributed by atoms with Crippen LogP contribution in [-0.2, 0) is 0 Å². The van der Waals surface area contributed by atoms with E-state index in [1.807, 2.05) is 6.07 Å². The number of benzene rings is 1. The molecule has 0 aromatic heterocycles. The molecule has 1 aliphatic rings. The van der Waals surface area contributed by atoms with Crippen LogP contribution < -0.4 is 10.6 Å². The summed E-state index contributed by atoms with van der Waals surface area (Å²) in [7, 11) is 0. The Balaban J connectivity index is 2.15. The minimum Gasteiger partial charge on any atom is -0.399 e. The first-order chi connectivity index (χ1) is 8.81. The second-order valence-electron chi connectivity index (χ2n) is 5.43. The van der Waals surface area contributed by atoms with Crippen LogP contribution in [0.1, 0.15) is 51.9 Å².